The van der Waals surface area contributed by atoms with Crippen LogP contribution in [0.5, 0.6) is 5.75 Å². The molecule has 2 N–H and O–H groups in total. The molecule has 0 fully saturated rings. The molecule has 1 rings (SSSR count). The van der Waals surface area contributed by atoms with Crippen LogP contribution in [0.4, 0.5) is 13.2 Å². The first kappa shape index (κ1) is 10.4. The average molecular weight is 205 g/mol. The molecule has 0 unspecified atom stereocenters. The molecular formula is C8H6F3NO2. The summed E-state index contributed by atoms with van der Waals surface area (Å²) < 4.78 is 38.1. The largest absolute Gasteiger partial charge is 0.503 e. The fourth-order valence-electron chi connectivity index (χ4n) is 0.890. The van der Waals surface area contributed by atoms with Crippen LogP contribution in [0, 0.1) is 17.5 Å². The highest BCUT2D eigenvalue weighted by atomic mass is 19.2. The predicted octanol–water partition coefficient (Wildman–Crippen LogP) is 1.17. The predicted molar refractivity (Wildman–Crippen MR) is 41.4 cm³/mol. The lowest BCUT2D eigenvalue weighted by atomic mass is 10.1. The Bertz CT molecular complexity index is 393. The Balaban J connectivity index is 3.40. The lowest BCUT2D eigenvalue weighted by molar-refractivity contribution is 0.0957. The van der Waals surface area contributed by atoms with Crippen LogP contribution >= 0.6 is 0 Å². The normalized spacial score (nSPS) is 10.0. The van der Waals surface area contributed by atoms with Crippen molar-refractivity contribution in [3.8, 4) is 5.75 Å². The fraction of sp³-hybridized carbons (Fsp3) is 0.125. The highest BCUT2D eigenvalue weighted by Crippen LogP contribution is 2.25. The number of rotatable bonds is 1. The van der Waals surface area contributed by atoms with Gasteiger partial charge < -0.3 is 10.4 Å². The molecule has 1 amide bonds. The molecule has 0 aliphatic heterocycles. The highest BCUT2D eigenvalue weighted by Gasteiger charge is 2.21. The summed E-state index contributed by atoms with van der Waals surface area (Å²) in [5.41, 5.74) is -0.746. The number of amides is 1. The zero-order chi connectivity index (χ0) is 10.9. The van der Waals surface area contributed by atoms with Gasteiger partial charge in [-0.05, 0) is 6.07 Å². The second kappa shape index (κ2) is 3.57. The first-order valence-corrected chi connectivity index (χ1v) is 3.57. The molecule has 0 bridgehead atoms. The third-order valence-corrected chi connectivity index (χ3v) is 1.60. The van der Waals surface area contributed by atoms with Crippen LogP contribution < -0.4 is 5.32 Å². The fourth-order valence-corrected chi connectivity index (χ4v) is 0.890. The number of aromatic hydroxyl groups is 1. The van der Waals surface area contributed by atoms with Crippen LogP contribution in [-0.2, 0) is 0 Å². The van der Waals surface area contributed by atoms with Crippen LogP contribution in [-0.4, -0.2) is 18.1 Å². The zero-order valence-corrected chi connectivity index (χ0v) is 7.07. The molecule has 1 aromatic rings. The summed E-state index contributed by atoms with van der Waals surface area (Å²) in [5.74, 6) is -7.12. The number of phenols is 1. The van der Waals surface area contributed by atoms with Gasteiger partial charge in [-0.15, -0.1) is 0 Å². The molecule has 1 aromatic carbocycles. The van der Waals surface area contributed by atoms with Gasteiger partial charge in [0, 0.05) is 7.05 Å². The molecule has 0 aliphatic rings. The quantitative estimate of drug-likeness (QED) is 0.676. The zero-order valence-electron chi connectivity index (χ0n) is 7.07. The van der Waals surface area contributed by atoms with Gasteiger partial charge >= 0.3 is 0 Å². The first-order chi connectivity index (χ1) is 6.49. The monoisotopic (exact) mass is 205 g/mol. The number of hydrogen-bond donors (Lipinski definition) is 2. The highest BCUT2D eigenvalue weighted by molar-refractivity contribution is 5.94. The van der Waals surface area contributed by atoms with Crippen molar-refractivity contribution in [2.45, 2.75) is 0 Å². The van der Waals surface area contributed by atoms with Crippen LogP contribution in [0.15, 0.2) is 6.07 Å². The Hall–Kier alpha value is -1.72. The van der Waals surface area contributed by atoms with Gasteiger partial charge in [0.15, 0.2) is 17.4 Å². The van der Waals surface area contributed by atoms with Gasteiger partial charge in [-0.3, -0.25) is 4.79 Å². The summed E-state index contributed by atoms with van der Waals surface area (Å²) in [4.78, 5) is 10.9. The first-order valence-electron chi connectivity index (χ1n) is 3.57. The smallest absolute Gasteiger partial charge is 0.254 e. The van der Waals surface area contributed by atoms with Gasteiger partial charge in [0.2, 0.25) is 5.82 Å². The van der Waals surface area contributed by atoms with E-state index in [0.29, 0.717) is 6.07 Å². The number of carbonyl (C=O) groups is 1. The molecule has 0 radical (unpaired) electrons. The minimum atomic E-state index is -1.71. The van der Waals surface area contributed by atoms with Gasteiger partial charge in [0.1, 0.15) is 0 Å². The lowest BCUT2D eigenvalue weighted by Crippen LogP contribution is -2.19. The van der Waals surface area contributed by atoms with Crippen LogP contribution in [0.1, 0.15) is 10.4 Å². The van der Waals surface area contributed by atoms with E-state index in [1.807, 2.05) is 5.32 Å². The van der Waals surface area contributed by atoms with E-state index in [9.17, 15) is 18.0 Å². The van der Waals surface area contributed by atoms with Crippen molar-refractivity contribution in [1.29, 1.82) is 0 Å². The average Bonchev–Trinajstić information content (AvgIpc) is 2.19. The standard InChI is InChI=1S/C8H6F3NO2/c1-12-8(14)3-2-4(9)6(11)7(13)5(3)10/h2,13H,1H3,(H,12,14). The minimum absolute atomic E-state index is 0.378. The van der Waals surface area contributed by atoms with Gasteiger partial charge in [-0.2, -0.15) is 4.39 Å². The van der Waals surface area contributed by atoms with E-state index in [1.165, 1.54) is 7.05 Å². The summed E-state index contributed by atoms with van der Waals surface area (Å²) in [6.45, 7) is 0. The van der Waals surface area contributed by atoms with Crippen molar-refractivity contribution < 1.29 is 23.1 Å². The third-order valence-electron chi connectivity index (χ3n) is 1.60. The number of phenolic OH excluding ortho intramolecular Hbond substituents is 1. The van der Waals surface area contributed by atoms with E-state index < -0.39 is 34.7 Å². The summed E-state index contributed by atoms with van der Waals surface area (Å²) in [7, 11) is 1.19. The van der Waals surface area contributed by atoms with E-state index in [0.717, 1.165) is 0 Å². The molecule has 0 aliphatic carbocycles. The number of halogens is 3. The van der Waals surface area contributed by atoms with Crippen molar-refractivity contribution in [2.24, 2.45) is 0 Å². The Morgan fingerprint density at radius 3 is 2.43 bits per heavy atom. The molecular weight excluding hydrogens is 199 g/mol. The van der Waals surface area contributed by atoms with Crippen molar-refractivity contribution in [3.63, 3.8) is 0 Å². The second-order valence-electron chi connectivity index (χ2n) is 2.46. The Morgan fingerprint density at radius 1 is 1.36 bits per heavy atom. The van der Waals surface area contributed by atoms with Crippen molar-refractivity contribution in [1.82, 2.24) is 5.32 Å². The van der Waals surface area contributed by atoms with Crippen molar-refractivity contribution in [3.05, 3.63) is 29.1 Å². The van der Waals surface area contributed by atoms with Gasteiger partial charge in [-0.25, -0.2) is 8.78 Å². The Morgan fingerprint density at radius 2 is 1.93 bits per heavy atom. The number of carbonyl (C=O) groups excluding carboxylic acids is 1. The van der Waals surface area contributed by atoms with E-state index >= 15 is 0 Å². The maximum Gasteiger partial charge on any atom is 0.254 e. The van der Waals surface area contributed by atoms with E-state index in [1.54, 1.807) is 0 Å². The molecule has 0 saturated heterocycles. The molecule has 76 valence electrons. The number of benzene rings is 1. The van der Waals surface area contributed by atoms with Crippen molar-refractivity contribution in [2.75, 3.05) is 7.05 Å². The van der Waals surface area contributed by atoms with Gasteiger partial charge in [-0.1, -0.05) is 0 Å². The lowest BCUT2D eigenvalue weighted by Gasteiger charge is -2.04. The van der Waals surface area contributed by atoms with E-state index in [2.05, 4.69) is 0 Å². The molecule has 14 heavy (non-hydrogen) atoms. The van der Waals surface area contributed by atoms with Crippen LogP contribution in [0.2, 0.25) is 0 Å². The SMILES string of the molecule is CNC(=O)c1cc(F)c(F)c(O)c1F. The van der Waals surface area contributed by atoms with E-state index in [-0.39, 0.29) is 0 Å². The van der Waals surface area contributed by atoms with Crippen molar-refractivity contribution >= 4 is 5.91 Å². The van der Waals surface area contributed by atoms with E-state index in [4.69, 9.17) is 5.11 Å². The summed E-state index contributed by atoms with van der Waals surface area (Å²) in [6.07, 6.45) is 0. The maximum absolute atomic E-state index is 13.0. The number of hydrogen-bond acceptors (Lipinski definition) is 2. The van der Waals surface area contributed by atoms with Crippen LogP contribution in [0.3, 0.4) is 0 Å². The molecule has 0 saturated carbocycles. The second-order valence-corrected chi connectivity index (χ2v) is 2.46. The summed E-state index contributed by atoms with van der Waals surface area (Å²) in [5, 5.41) is 10.8. The Kier molecular flexibility index (Phi) is 2.64. The topological polar surface area (TPSA) is 49.3 Å². The van der Waals surface area contributed by atoms with Gasteiger partial charge in [0.25, 0.3) is 5.91 Å². The minimum Gasteiger partial charge on any atom is -0.503 e. The van der Waals surface area contributed by atoms with Gasteiger partial charge in [0.05, 0.1) is 5.56 Å². The molecule has 0 atom stereocenters. The molecule has 0 aromatic heterocycles. The third kappa shape index (κ3) is 1.50. The molecule has 3 nitrogen and oxygen atoms in total. The summed E-state index contributed by atoms with van der Waals surface area (Å²) >= 11 is 0. The molecule has 0 heterocycles. The molecule has 0 spiro atoms. The van der Waals surface area contributed by atoms with Crippen LogP contribution in [0.25, 0.3) is 0 Å². The maximum atomic E-state index is 13.0. The number of nitrogens with one attached hydrogen (secondary N) is 1. The summed E-state index contributed by atoms with van der Waals surface area (Å²) in [6, 6.07) is 0.378. The molecule has 6 heteroatoms. The Labute approximate surface area is 77.2 Å².